The monoisotopic (exact) mass is 558 g/mol. The lowest BCUT2D eigenvalue weighted by Gasteiger charge is -2.26. The zero-order valence-electron chi connectivity index (χ0n) is 24.0. The smallest absolute Gasteiger partial charge is 0.295 e. The van der Waals surface area contributed by atoms with Gasteiger partial charge in [0.1, 0.15) is 11.5 Å². The second-order valence-corrected chi connectivity index (χ2v) is 9.86. The first-order valence-electron chi connectivity index (χ1n) is 14.3. The van der Waals surface area contributed by atoms with Crippen molar-refractivity contribution in [2.24, 2.45) is 0 Å². The van der Waals surface area contributed by atoms with Gasteiger partial charge in [-0.05, 0) is 73.4 Å². The summed E-state index contributed by atoms with van der Waals surface area (Å²) in [6, 6.07) is 15.0. The van der Waals surface area contributed by atoms with Crippen molar-refractivity contribution in [2.45, 2.75) is 59.0 Å². The van der Waals surface area contributed by atoms with Gasteiger partial charge >= 0.3 is 0 Å². The van der Waals surface area contributed by atoms with Gasteiger partial charge in [0.15, 0.2) is 11.5 Å². The SMILES string of the molecule is CCCCCOc1ccc(C2/C(=C(\O)c3ccc(OCCC)cc3)C(=O)C(=O)N2Cc2cccnc2)cc1OCC. The fourth-order valence-electron chi connectivity index (χ4n) is 4.78. The fraction of sp³-hybridized carbons (Fsp3) is 0.364. The third-order valence-corrected chi connectivity index (χ3v) is 6.81. The largest absolute Gasteiger partial charge is 0.507 e. The number of pyridine rings is 1. The molecule has 0 radical (unpaired) electrons. The fourth-order valence-corrected chi connectivity index (χ4v) is 4.78. The summed E-state index contributed by atoms with van der Waals surface area (Å²) in [5, 5.41) is 11.5. The molecule has 216 valence electrons. The number of aromatic nitrogens is 1. The third-order valence-electron chi connectivity index (χ3n) is 6.81. The Bertz CT molecular complexity index is 1350. The zero-order chi connectivity index (χ0) is 29.2. The summed E-state index contributed by atoms with van der Waals surface area (Å²) in [4.78, 5) is 32.5. The summed E-state index contributed by atoms with van der Waals surface area (Å²) in [6.07, 6.45) is 7.26. The molecule has 0 spiro atoms. The van der Waals surface area contributed by atoms with Crippen LogP contribution in [-0.2, 0) is 16.1 Å². The predicted molar refractivity (Wildman–Crippen MR) is 157 cm³/mol. The summed E-state index contributed by atoms with van der Waals surface area (Å²) in [5.74, 6) is 0.0842. The second kappa shape index (κ2) is 14.3. The summed E-state index contributed by atoms with van der Waals surface area (Å²) in [5.41, 5.74) is 1.82. The van der Waals surface area contributed by atoms with Crippen molar-refractivity contribution < 1.29 is 28.9 Å². The van der Waals surface area contributed by atoms with Crippen molar-refractivity contribution in [3.8, 4) is 17.2 Å². The summed E-state index contributed by atoms with van der Waals surface area (Å²) in [7, 11) is 0. The van der Waals surface area contributed by atoms with Crippen molar-refractivity contribution >= 4 is 17.4 Å². The van der Waals surface area contributed by atoms with E-state index in [9.17, 15) is 14.7 Å². The van der Waals surface area contributed by atoms with E-state index in [1.807, 2.05) is 26.0 Å². The number of unbranched alkanes of at least 4 members (excludes halogenated alkanes) is 2. The molecule has 1 unspecified atom stereocenters. The number of benzene rings is 2. The van der Waals surface area contributed by atoms with Gasteiger partial charge in [0, 0.05) is 24.5 Å². The average molecular weight is 559 g/mol. The molecule has 2 aromatic carbocycles. The van der Waals surface area contributed by atoms with Crippen molar-refractivity contribution in [1.82, 2.24) is 9.88 Å². The molecule has 3 aromatic rings. The zero-order valence-corrected chi connectivity index (χ0v) is 24.0. The number of carbonyl (C=O) groups excluding carboxylic acids is 2. The van der Waals surface area contributed by atoms with Crippen LogP contribution in [0.3, 0.4) is 0 Å². The van der Waals surface area contributed by atoms with E-state index in [1.54, 1.807) is 54.9 Å². The van der Waals surface area contributed by atoms with Crippen LogP contribution < -0.4 is 14.2 Å². The number of aliphatic hydroxyl groups is 1. The Balaban J connectivity index is 1.77. The Hall–Kier alpha value is -4.33. The highest BCUT2D eigenvalue weighted by atomic mass is 16.5. The molecule has 8 nitrogen and oxygen atoms in total. The van der Waals surface area contributed by atoms with E-state index >= 15 is 0 Å². The summed E-state index contributed by atoms with van der Waals surface area (Å²) < 4.78 is 17.6. The van der Waals surface area contributed by atoms with Gasteiger partial charge in [-0.2, -0.15) is 0 Å². The van der Waals surface area contributed by atoms with Crippen LogP contribution in [0.2, 0.25) is 0 Å². The number of carbonyl (C=O) groups is 2. The molecular weight excluding hydrogens is 520 g/mol. The highest BCUT2D eigenvalue weighted by Crippen LogP contribution is 2.43. The Labute approximate surface area is 241 Å². The number of hydrogen-bond donors (Lipinski definition) is 1. The predicted octanol–water partition coefficient (Wildman–Crippen LogP) is 6.46. The van der Waals surface area contributed by atoms with Gasteiger partial charge < -0.3 is 24.2 Å². The highest BCUT2D eigenvalue weighted by Gasteiger charge is 2.46. The lowest BCUT2D eigenvalue weighted by atomic mass is 9.94. The van der Waals surface area contributed by atoms with E-state index in [0.29, 0.717) is 48.2 Å². The first-order valence-corrected chi connectivity index (χ1v) is 14.3. The van der Waals surface area contributed by atoms with Gasteiger partial charge in [-0.25, -0.2) is 0 Å². The van der Waals surface area contributed by atoms with Crippen LogP contribution in [0.15, 0.2) is 72.6 Å². The van der Waals surface area contributed by atoms with Crippen LogP contribution in [0.1, 0.15) is 69.2 Å². The van der Waals surface area contributed by atoms with Crippen LogP contribution >= 0.6 is 0 Å². The average Bonchev–Trinajstić information content (AvgIpc) is 3.24. The van der Waals surface area contributed by atoms with Crippen molar-refractivity contribution in [3.63, 3.8) is 0 Å². The second-order valence-electron chi connectivity index (χ2n) is 9.86. The van der Waals surface area contributed by atoms with E-state index in [4.69, 9.17) is 14.2 Å². The van der Waals surface area contributed by atoms with Gasteiger partial charge in [0.25, 0.3) is 11.7 Å². The summed E-state index contributed by atoms with van der Waals surface area (Å²) >= 11 is 0. The lowest BCUT2D eigenvalue weighted by molar-refractivity contribution is -0.140. The van der Waals surface area contributed by atoms with Crippen molar-refractivity contribution in [2.75, 3.05) is 19.8 Å². The standard InChI is InChI=1S/C33H38N2O6/c1-4-7-8-19-41-27-16-13-25(20-28(27)39-6-3)30-29(31(36)24-11-14-26(15-12-24)40-18-5-2)32(37)33(38)35(30)22-23-10-9-17-34-21-23/h9-17,20-21,30,36H,4-8,18-19,22H2,1-3H3/b31-29+. The maximum absolute atomic E-state index is 13.5. The van der Waals surface area contributed by atoms with Crippen molar-refractivity contribution in [3.05, 3.63) is 89.3 Å². The Morgan fingerprint density at radius 2 is 1.71 bits per heavy atom. The molecule has 0 saturated carbocycles. The number of ether oxygens (including phenoxy) is 3. The quantitative estimate of drug-likeness (QED) is 0.105. The molecule has 1 atom stereocenters. The number of ketones is 1. The maximum Gasteiger partial charge on any atom is 0.295 e. The minimum atomic E-state index is -0.848. The molecule has 1 aliphatic heterocycles. The Morgan fingerprint density at radius 3 is 2.39 bits per heavy atom. The number of nitrogens with zero attached hydrogens (tertiary/aromatic N) is 2. The van der Waals surface area contributed by atoms with Gasteiger partial charge in [0.2, 0.25) is 0 Å². The van der Waals surface area contributed by atoms with E-state index < -0.39 is 17.7 Å². The number of amides is 1. The first kappa shape index (κ1) is 29.6. The first-order chi connectivity index (χ1) is 20.0. The molecule has 1 saturated heterocycles. The van der Waals surface area contributed by atoms with Crippen molar-refractivity contribution in [1.29, 1.82) is 0 Å². The molecule has 0 bridgehead atoms. The molecular formula is C33H38N2O6. The molecule has 41 heavy (non-hydrogen) atoms. The molecule has 2 heterocycles. The lowest BCUT2D eigenvalue weighted by Crippen LogP contribution is -2.29. The number of hydrogen-bond acceptors (Lipinski definition) is 7. The molecule has 1 aliphatic rings. The molecule has 1 N–H and O–H groups in total. The minimum Gasteiger partial charge on any atom is -0.507 e. The Morgan fingerprint density at radius 1 is 0.902 bits per heavy atom. The van der Waals surface area contributed by atoms with Gasteiger partial charge in [-0.15, -0.1) is 0 Å². The van der Waals surface area contributed by atoms with Crippen LogP contribution in [0, 0.1) is 0 Å². The molecule has 1 amide bonds. The van der Waals surface area contributed by atoms with E-state index in [0.717, 1.165) is 31.2 Å². The molecule has 0 aliphatic carbocycles. The highest BCUT2D eigenvalue weighted by molar-refractivity contribution is 6.46. The van der Waals surface area contributed by atoms with Crippen LogP contribution in [0.5, 0.6) is 17.2 Å². The van der Waals surface area contributed by atoms with Crippen LogP contribution in [-0.4, -0.2) is 46.5 Å². The number of rotatable bonds is 14. The number of Topliss-reactive ketones (excluding diaryl/α,β-unsaturated/α-hetero) is 1. The number of likely N-dealkylation sites (tertiary alicyclic amines) is 1. The van der Waals surface area contributed by atoms with E-state index in [-0.39, 0.29) is 17.9 Å². The van der Waals surface area contributed by atoms with Gasteiger partial charge in [-0.3, -0.25) is 14.6 Å². The maximum atomic E-state index is 13.5. The molecule has 1 aromatic heterocycles. The van der Waals surface area contributed by atoms with Crippen LogP contribution in [0.25, 0.3) is 5.76 Å². The topological polar surface area (TPSA) is 98.2 Å². The Kier molecular flexibility index (Phi) is 10.4. The van der Waals surface area contributed by atoms with E-state index in [1.165, 1.54) is 4.90 Å². The third kappa shape index (κ3) is 7.06. The van der Waals surface area contributed by atoms with Crippen LogP contribution in [0.4, 0.5) is 0 Å². The normalized spacial score (nSPS) is 16.2. The van der Waals surface area contributed by atoms with E-state index in [2.05, 4.69) is 11.9 Å². The molecule has 4 rings (SSSR count). The number of aliphatic hydroxyl groups excluding tert-OH is 1. The molecule has 1 fully saturated rings. The van der Waals surface area contributed by atoms with Gasteiger partial charge in [-0.1, -0.05) is 38.8 Å². The summed E-state index contributed by atoms with van der Waals surface area (Å²) in [6.45, 7) is 7.73. The minimum absolute atomic E-state index is 0.0141. The van der Waals surface area contributed by atoms with Gasteiger partial charge in [0.05, 0.1) is 31.4 Å². The molecule has 8 heteroatoms.